The van der Waals surface area contributed by atoms with Crippen LogP contribution in [0, 0.1) is 12.7 Å². The normalized spacial score (nSPS) is 12.0. The van der Waals surface area contributed by atoms with Crippen molar-refractivity contribution >= 4 is 10.0 Å². The van der Waals surface area contributed by atoms with Gasteiger partial charge in [0.05, 0.1) is 10.5 Å². The Hall–Kier alpha value is -2.52. The number of furan rings is 1. The summed E-state index contributed by atoms with van der Waals surface area (Å²) in [7, 11) is -0.925. The largest absolute Gasteiger partial charge is 0.456 e. The van der Waals surface area contributed by atoms with Gasteiger partial charge in [0.1, 0.15) is 11.6 Å². The molecule has 126 valence electrons. The highest BCUT2D eigenvalue weighted by Crippen LogP contribution is 2.29. The van der Waals surface area contributed by atoms with Gasteiger partial charge in [0, 0.05) is 14.1 Å². The molecule has 7 nitrogen and oxygen atoms in total. The second-order valence-electron chi connectivity index (χ2n) is 5.25. The van der Waals surface area contributed by atoms with Crippen LogP contribution in [0.5, 0.6) is 0 Å². The number of rotatable bonds is 4. The number of hydrogen-bond acceptors (Lipinski definition) is 6. The Balaban J connectivity index is 2.05. The molecule has 1 aromatic carbocycles. The molecular formula is C15H14FN3O4S. The lowest BCUT2D eigenvalue weighted by Crippen LogP contribution is -2.22. The molecule has 0 atom stereocenters. The predicted molar refractivity (Wildman–Crippen MR) is 83.0 cm³/mol. The van der Waals surface area contributed by atoms with E-state index >= 15 is 0 Å². The zero-order valence-corrected chi connectivity index (χ0v) is 14.0. The molecule has 24 heavy (non-hydrogen) atoms. The van der Waals surface area contributed by atoms with Gasteiger partial charge in [-0.2, -0.15) is 0 Å². The predicted octanol–water partition coefficient (Wildman–Crippen LogP) is 2.69. The van der Waals surface area contributed by atoms with Crippen molar-refractivity contribution in [1.82, 2.24) is 14.5 Å². The van der Waals surface area contributed by atoms with Gasteiger partial charge in [0.15, 0.2) is 5.76 Å². The summed E-state index contributed by atoms with van der Waals surface area (Å²) in [5.74, 6) is 0.294. The molecule has 0 N–H and O–H groups in total. The molecule has 0 aliphatic carbocycles. The molecule has 3 aromatic rings. The highest BCUT2D eigenvalue weighted by molar-refractivity contribution is 7.89. The van der Waals surface area contributed by atoms with E-state index in [1.807, 2.05) is 0 Å². The fraction of sp³-hybridized carbons (Fsp3) is 0.200. The van der Waals surface area contributed by atoms with E-state index < -0.39 is 15.8 Å². The van der Waals surface area contributed by atoms with Crippen molar-refractivity contribution in [3.05, 3.63) is 41.9 Å². The maximum absolute atomic E-state index is 14.1. The molecule has 2 heterocycles. The lowest BCUT2D eigenvalue weighted by molar-refractivity contribution is 0.503. The van der Waals surface area contributed by atoms with Crippen molar-refractivity contribution in [1.29, 1.82) is 0 Å². The van der Waals surface area contributed by atoms with Crippen LogP contribution in [0.25, 0.3) is 23.1 Å². The van der Waals surface area contributed by atoms with E-state index in [4.69, 9.17) is 8.83 Å². The van der Waals surface area contributed by atoms with Crippen LogP contribution in [0.1, 0.15) is 5.76 Å². The topological polar surface area (TPSA) is 89.4 Å². The Morgan fingerprint density at radius 2 is 1.75 bits per heavy atom. The Morgan fingerprint density at radius 1 is 1.04 bits per heavy atom. The molecule has 0 amide bonds. The Bertz CT molecular complexity index is 992. The molecule has 2 aromatic heterocycles. The summed E-state index contributed by atoms with van der Waals surface area (Å²) in [5.41, 5.74) is -0.0973. The van der Waals surface area contributed by atoms with E-state index in [1.165, 1.54) is 20.2 Å². The lowest BCUT2D eigenvalue weighted by atomic mass is 10.2. The van der Waals surface area contributed by atoms with Crippen LogP contribution in [0.15, 0.2) is 44.1 Å². The molecular weight excluding hydrogens is 337 g/mol. The molecule has 0 radical (unpaired) electrons. The average Bonchev–Trinajstić information content (AvgIpc) is 3.16. The van der Waals surface area contributed by atoms with Gasteiger partial charge in [-0.1, -0.05) is 0 Å². The monoisotopic (exact) mass is 351 g/mol. The van der Waals surface area contributed by atoms with Crippen LogP contribution in [0.2, 0.25) is 0 Å². The second kappa shape index (κ2) is 5.84. The van der Waals surface area contributed by atoms with E-state index in [0.717, 1.165) is 16.4 Å². The van der Waals surface area contributed by atoms with Gasteiger partial charge >= 0.3 is 0 Å². The zero-order chi connectivity index (χ0) is 17.5. The highest BCUT2D eigenvalue weighted by Gasteiger charge is 2.22. The van der Waals surface area contributed by atoms with Gasteiger partial charge in [-0.25, -0.2) is 17.1 Å². The summed E-state index contributed by atoms with van der Waals surface area (Å²) in [6, 6.07) is 6.77. The molecule has 0 unspecified atom stereocenters. The van der Waals surface area contributed by atoms with E-state index in [2.05, 4.69) is 10.2 Å². The number of benzene rings is 1. The van der Waals surface area contributed by atoms with Gasteiger partial charge < -0.3 is 8.83 Å². The van der Waals surface area contributed by atoms with Crippen molar-refractivity contribution in [3.8, 4) is 23.1 Å². The minimum absolute atomic E-state index is 0.0718. The van der Waals surface area contributed by atoms with Crippen molar-refractivity contribution in [2.24, 2.45) is 0 Å². The van der Waals surface area contributed by atoms with Gasteiger partial charge in [0.2, 0.25) is 10.0 Å². The summed E-state index contributed by atoms with van der Waals surface area (Å²) in [4.78, 5) is -0.0718. The van der Waals surface area contributed by atoms with E-state index in [1.54, 1.807) is 19.1 Å². The maximum atomic E-state index is 14.1. The van der Waals surface area contributed by atoms with Crippen molar-refractivity contribution in [2.75, 3.05) is 14.1 Å². The maximum Gasteiger partial charge on any atom is 0.283 e. The fourth-order valence-corrected chi connectivity index (χ4v) is 2.95. The SMILES string of the molecule is Cc1ccc(-c2nnc(-c3cc(S(=O)(=O)N(C)C)ccc3F)o2)o1. The average molecular weight is 351 g/mol. The fourth-order valence-electron chi connectivity index (χ4n) is 2.02. The lowest BCUT2D eigenvalue weighted by Gasteiger charge is -2.11. The number of hydrogen-bond donors (Lipinski definition) is 0. The first-order valence-corrected chi connectivity index (χ1v) is 8.36. The van der Waals surface area contributed by atoms with Gasteiger partial charge in [-0.15, -0.1) is 10.2 Å². The Morgan fingerprint density at radius 3 is 2.38 bits per heavy atom. The minimum atomic E-state index is -3.71. The summed E-state index contributed by atoms with van der Waals surface area (Å²) < 4.78 is 50.3. The standard InChI is InChI=1S/C15H14FN3O4S/c1-9-4-7-13(22-9)15-18-17-14(23-15)11-8-10(5-6-12(11)16)24(20,21)19(2)3/h4-8H,1-3H3. The van der Waals surface area contributed by atoms with Gasteiger partial charge in [-0.3, -0.25) is 0 Å². The second-order valence-corrected chi connectivity index (χ2v) is 7.40. The molecule has 0 fully saturated rings. The van der Waals surface area contributed by atoms with Crippen LogP contribution in [0.4, 0.5) is 4.39 Å². The third-order valence-electron chi connectivity index (χ3n) is 3.32. The van der Waals surface area contributed by atoms with E-state index in [-0.39, 0.29) is 22.2 Å². The van der Waals surface area contributed by atoms with Crippen molar-refractivity contribution < 1.29 is 21.6 Å². The Labute approximate surface area is 137 Å². The molecule has 0 aliphatic heterocycles. The summed E-state index contributed by atoms with van der Waals surface area (Å²) in [5, 5.41) is 7.58. The minimum Gasteiger partial charge on any atom is -0.456 e. The van der Waals surface area contributed by atoms with Gasteiger partial charge in [-0.05, 0) is 37.3 Å². The van der Waals surface area contributed by atoms with Gasteiger partial charge in [0.25, 0.3) is 11.8 Å². The van der Waals surface area contributed by atoms with Crippen LogP contribution in [-0.4, -0.2) is 37.0 Å². The van der Waals surface area contributed by atoms with Crippen molar-refractivity contribution in [3.63, 3.8) is 0 Å². The Kier molecular flexibility index (Phi) is 3.98. The van der Waals surface area contributed by atoms with Crippen LogP contribution in [-0.2, 0) is 10.0 Å². The summed E-state index contributed by atoms with van der Waals surface area (Å²) >= 11 is 0. The van der Waals surface area contributed by atoms with E-state index in [0.29, 0.717) is 11.5 Å². The van der Waals surface area contributed by atoms with Crippen LogP contribution < -0.4 is 0 Å². The molecule has 0 aliphatic rings. The number of sulfonamides is 1. The molecule has 3 rings (SSSR count). The van der Waals surface area contributed by atoms with Crippen LogP contribution >= 0.6 is 0 Å². The smallest absolute Gasteiger partial charge is 0.283 e. The number of nitrogens with zero attached hydrogens (tertiary/aromatic N) is 3. The molecule has 0 saturated carbocycles. The quantitative estimate of drug-likeness (QED) is 0.718. The first-order chi connectivity index (χ1) is 11.3. The van der Waals surface area contributed by atoms with Crippen molar-refractivity contribution in [2.45, 2.75) is 11.8 Å². The summed E-state index contributed by atoms with van der Waals surface area (Å²) in [6.07, 6.45) is 0. The van der Waals surface area contributed by atoms with E-state index in [9.17, 15) is 12.8 Å². The summed E-state index contributed by atoms with van der Waals surface area (Å²) in [6.45, 7) is 1.76. The first-order valence-electron chi connectivity index (χ1n) is 6.92. The first kappa shape index (κ1) is 16.3. The zero-order valence-electron chi connectivity index (χ0n) is 13.1. The number of aromatic nitrogens is 2. The molecule has 0 saturated heterocycles. The third-order valence-corrected chi connectivity index (χ3v) is 5.13. The highest BCUT2D eigenvalue weighted by atomic mass is 32.2. The third kappa shape index (κ3) is 2.83. The van der Waals surface area contributed by atoms with Crippen LogP contribution in [0.3, 0.4) is 0 Å². The molecule has 0 bridgehead atoms. The number of halogens is 1. The number of aryl methyl sites for hydroxylation is 1. The molecule has 0 spiro atoms. The molecule has 9 heteroatoms.